The number of nitrogen functional groups attached to an aromatic ring is 1. The van der Waals surface area contributed by atoms with Crippen molar-refractivity contribution in [1.29, 1.82) is 0 Å². The summed E-state index contributed by atoms with van der Waals surface area (Å²) in [6, 6.07) is 2.01. The average Bonchev–Trinajstić information content (AvgIpc) is 2.91. The number of amides is 1. The molecule has 5 heteroatoms. The highest BCUT2D eigenvalue weighted by Gasteiger charge is 2.40. The fourth-order valence-electron chi connectivity index (χ4n) is 3.26. The first-order valence-electron chi connectivity index (χ1n) is 6.24. The van der Waals surface area contributed by atoms with Crippen LogP contribution >= 0.6 is 12.4 Å². The normalized spacial score (nSPS) is 28.8. The molecule has 0 spiro atoms. The lowest BCUT2D eigenvalue weighted by molar-refractivity contribution is 0.0923. The lowest BCUT2D eigenvalue weighted by Crippen LogP contribution is -2.38. The van der Waals surface area contributed by atoms with E-state index < -0.39 is 0 Å². The van der Waals surface area contributed by atoms with Crippen LogP contribution in [0.4, 0.5) is 5.69 Å². The van der Waals surface area contributed by atoms with Crippen molar-refractivity contribution >= 4 is 24.0 Å². The molecule has 2 aliphatic carbocycles. The summed E-state index contributed by atoms with van der Waals surface area (Å²) in [6.07, 6.45) is 8.16. The third-order valence-corrected chi connectivity index (χ3v) is 4.15. The molecule has 0 aliphatic heterocycles. The van der Waals surface area contributed by atoms with E-state index >= 15 is 0 Å². The zero-order valence-electron chi connectivity index (χ0n) is 10.1. The monoisotopic (exact) mass is 267 g/mol. The number of aromatic nitrogens is 1. The van der Waals surface area contributed by atoms with Gasteiger partial charge in [0.2, 0.25) is 0 Å². The van der Waals surface area contributed by atoms with Gasteiger partial charge in [-0.05, 0) is 37.2 Å². The number of nitrogens with zero attached hydrogens (tertiary/aromatic N) is 1. The van der Waals surface area contributed by atoms with Crippen LogP contribution in [-0.4, -0.2) is 16.9 Å². The van der Waals surface area contributed by atoms with E-state index in [1.807, 2.05) is 0 Å². The summed E-state index contributed by atoms with van der Waals surface area (Å²) in [5, 5.41) is 3.11. The van der Waals surface area contributed by atoms with Gasteiger partial charge in [0, 0.05) is 24.1 Å². The van der Waals surface area contributed by atoms with Crippen molar-refractivity contribution in [3.8, 4) is 0 Å². The molecule has 0 aromatic carbocycles. The molecule has 3 rings (SSSR count). The summed E-state index contributed by atoms with van der Waals surface area (Å²) in [6.45, 7) is 0. The third-order valence-electron chi connectivity index (χ3n) is 4.15. The molecule has 1 aromatic rings. The van der Waals surface area contributed by atoms with Crippen LogP contribution < -0.4 is 11.1 Å². The van der Waals surface area contributed by atoms with Crippen molar-refractivity contribution < 1.29 is 4.79 Å². The molecule has 2 aliphatic rings. The summed E-state index contributed by atoms with van der Waals surface area (Å²) in [5.74, 6) is 1.44. The summed E-state index contributed by atoms with van der Waals surface area (Å²) >= 11 is 0. The van der Waals surface area contributed by atoms with Crippen molar-refractivity contribution in [1.82, 2.24) is 10.3 Å². The first kappa shape index (κ1) is 13.1. The van der Waals surface area contributed by atoms with Crippen molar-refractivity contribution in [3.63, 3.8) is 0 Å². The number of carbonyl (C=O) groups is 1. The molecule has 4 nitrogen and oxygen atoms in total. The van der Waals surface area contributed by atoms with Gasteiger partial charge >= 0.3 is 0 Å². The van der Waals surface area contributed by atoms with Crippen LogP contribution in [0.25, 0.3) is 0 Å². The lowest BCUT2D eigenvalue weighted by atomic mass is 9.95. The number of hydrogen-bond acceptors (Lipinski definition) is 3. The van der Waals surface area contributed by atoms with Crippen LogP contribution in [-0.2, 0) is 0 Å². The minimum atomic E-state index is -0.0758. The first-order chi connectivity index (χ1) is 8.24. The zero-order valence-corrected chi connectivity index (χ0v) is 11.0. The Hall–Kier alpha value is -1.29. The lowest BCUT2D eigenvalue weighted by Gasteiger charge is -2.23. The molecule has 98 valence electrons. The molecular weight excluding hydrogens is 250 g/mol. The average molecular weight is 268 g/mol. The van der Waals surface area contributed by atoms with Gasteiger partial charge in [-0.2, -0.15) is 0 Å². The highest BCUT2D eigenvalue weighted by Crippen LogP contribution is 2.44. The predicted octanol–water partition coefficient (Wildman–Crippen LogP) is 2.00. The number of anilines is 1. The molecule has 2 bridgehead atoms. The molecule has 3 N–H and O–H groups in total. The molecule has 2 saturated carbocycles. The summed E-state index contributed by atoms with van der Waals surface area (Å²) in [5.41, 5.74) is 6.77. The molecule has 0 saturated heterocycles. The Morgan fingerprint density at radius 1 is 1.39 bits per heavy atom. The van der Waals surface area contributed by atoms with Crippen molar-refractivity contribution in [3.05, 3.63) is 24.0 Å². The van der Waals surface area contributed by atoms with Gasteiger partial charge in [0.1, 0.15) is 0 Å². The van der Waals surface area contributed by atoms with Gasteiger partial charge in [-0.25, -0.2) is 0 Å². The Labute approximate surface area is 113 Å². The SMILES string of the molecule is Cl.Nc1ccncc1C(=O)NC1CC2CCC1C2. The second-order valence-corrected chi connectivity index (χ2v) is 5.22. The summed E-state index contributed by atoms with van der Waals surface area (Å²) < 4.78 is 0. The third kappa shape index (κ3) is 2.29. The minimum absolute atomic E-state index is 0. The van der Waals surface area contributed by atoms with E-state index in [0.717, 1.165) is 12.3 Å². The molecule has 0 radical (unpaired) electrons. The maximum Gasteiger partial charge on any atom is 0.255 e. The molecule has 18 heavy (non-hydrogen) atoms. The molecule has 1 heterocycles. The van der Waals surface area contributed by atoms with E-state index in [9.17, 15) is 4.79 Å². The number of nitrogens with two attached hydrogens (primary N) is 1. The van der Waals surface area contributed by atoms with Gasteiger partial charge in [0.25, 0.3) is 5.91 Å². The van der Waals surface area contributed by atoms with Gasteiger partial charge in [-0.3, -0.25) is 9.78 Å². The molecule has 3 unspecified atom stereocenters. The Kier molecular flexibility index (Phi) is 3.76. The fourth-order valence-corrected chi connectivity index (χ4v) is 3.26. The Morgan fingerprint density at radius 3 is 2.83 bits per heavy atom. The standard InChI is InChI=1S/C13H17N3O.ClH/c14-11-3-4-15-7-10(11)13(17)16-12-6-8-1-2-9(12)5-8;/h3-4,7-9,12H,1-2,5-6H2,(H2,14,15)(H,16,17);1H. The van der Waals surface area contributed by atoms with Crippen LogP contribution in [0.2, 0.25) is 0 Å². The predicted molar refractivity (Wildman–Crippen MR) is 72.6 cm³/mol. The Bertz CT molecular complexity index is 452. The maximum atomic E-state index is 12.1. The number of rotatable bonds is 2. The van der Waals surface area contributed by atoms with Crippen LogP contribution in [0.1, 0.15) is 36.0 Å². The second kappa shape index (κ2) is 5.14. The van der Waals surface area contributed by atoms with Crippen molar-refractivity contribution in [2.75, 3.05) is 5.73 Å². The van der Waals surface area contributed by atoms with Gasteiger partial charge < -0.3 is 11.1 Å². The second-order valence-electron chi connectivity index (χ2n) is 5.22. The maximum absolute atomic E-state index is 12.1. The smallest absolute Gasteiger partial charge is 0.255 e. The fraction of sp³-hybridized carbons (Fsp3) is 0.538. The van der Waals surface area contributed by atoms with E-state index in [0.29, 0.717) is 23.2 Å². The van der Waals surface area contributed by atoms with Gasteiger partial charge in [-0.15, -0.1) is 12.4 Å². The van der Waals surface area contributed by atoms with E-state index in [1.165, 1.54) is 25.5 Å². The Morgan fingerprint density at radius 2 is 2.22 bits per heavy atom. The van der Waals surface area contributed by atoms with Crippen LogP contribution in [0, 0.1) is 11.8 Å². The van der Waals surface area contributed by atoms with E-state index in [-0.39, 0.29) is 18.3 Å². The summed E-state index contributed by atoms with van der Waals surface area (Å²) in [7, 11) is 0. The number of pyridine rings is 1. The molecular formula is C13H18ClN3O. The largest absolute Gasteiger partial charge is 0.398 e. The minimum Gasteiger partial charge on any atom is -0.398 e. The topological polar surface area (TPSA) is 68.0 Å². The van der Waals surface area contributed by atoms with Gasteiger partial charge in [0.15, 0.2) is 0 Å². The van der Waals surface area contributed by atoms with E-state index in [2.05, 4.69) is 10.3 Å². The van der Waals surface area contributed by atoms with Crippen molar-refractivity contribution in [2.45, 2.75) is 31.7 Å². The molecule has 1 aromatic heterocycles. The highest BCUT2D eigenvalue weighted by atomic mass is 35.5. The number of hydrogen-bond donors (Lipinski definition) is 2. The van der Waals surface area contributed by atoms with Crippen LogP contribution in [0.3, 0.4) is 0 Å². The quantitative estimate of drug-likeness (QED) is 0.861. The number of nitrogens with one attached hydrogen (secondary N) is 1. The van der Waals surface area contributed by atoms with E-state index in [1.54, 1.807) is 12.3 Å². The Balaban J connectivity index is 0.00000120. The van der Waals surface area contributed by atoms with E-state index in [4.69, 9.17) is 5.73 Å². The van der Waals surface area contributed by atoms with Crippen molar-refractivity contribution in [2.24, 2.45) is 11.8 Å². The number of carbonyl (C=O) groups excluding carboxylic acids is 1. The highest BCUT2D eigenvalue weighted by molar-refractivity contribution is 5.98. The molecule has 1 amide bonds. The summed E-state index contributed by atoms with van der Waals surface area (Å²) in [4.78, 5) is 16.0. The zero-order chi connectivity index (χ0) is 11.8. The number of fused-ring (bicyclic) bond motifs is 2. The van der Waals surface area contributed by atoms with Gasteiger partial charge in [-0.1, -0.05) is 6.42 Å². The van der Waals surface area contributed by atoms with Crippen LogP contribution in [0.5, 0.6) is 0 Å². The van der Waals surface area contributed by atoms with Crippen LogP contribution in [0.15, 0.2) is 18.5 Å². The molecule has 3 atom stereocenters. The first-order valence-corrected chi connectivity index (χ1v) is 6.24. The molecule has 2 fully saturated rings. The number of halogens is 1. The van der Waals surface area contributed by atoms with Gasteiger partial charge in [0.05, 0.1) is 5.56 Å².